The molecule has 0 fully saturated rings. The summed E-state index contributed by atoms with van der Waals surface area (Å²) in [6, 6.07) is 15.6. The zero-order valence-electron chi connectivity index (χ0n) is 13.8. The lowest BCUT2D eigenvalue weighted by Crippen LogP contribution is -2.29. The van der Waals surface area contributed by atoms with Crippen LogP contribution in [0.25, 0.3) is 11.1 Å². The Labute approximate surface area is 154 Å². The molecule has 0 spiro atoms. The van der Waals surface area contributed by atoms with Crippen molar-refractivity contribution in [2.75, 3.05) is 12.5 Å². The van der Waals surface area contributed by atoms with Crippen LogP contribution < -0.4 is 15.6 Å². The largest absolute Gasteiger partial charge is 0.479 e. The molecule has 7 heteroatoms. The molecule has 2 N–H and O–H groups in total. The Morgan fingerprint density at radius 3 is 2.62 bits per heavy atom. The highest BCUT2D eigenvalue weighted by Crippen LogP contribution is 2.28. The van der Waals surface area contributed by atoms with Crippen molar-refractivity contribution in [3.63, 3.8) is 0 Å². The quantitative estimate of drug-likeness (QED) is 0.656. The molecule has 3 aromatic rings. The number of hydrogen-bond acceptors (Lipinski definition) is 4. The lowest BCUT2D eigenvalue weighted by atomic mass is 10.0. The van der Waals surface area contributed by atoms with Gasteiger partial charge in [-0.3, -0.25) is 15.6 Å². The number of benzene rings is 2. The van der Waals surface area contributed by atoms with E-state index in [2.05, 4.69) is 15.8 Å². The number of aromatic nitrogens is 1. The van der Waals surface area contributed by atoms with Gasteiger partial charge >= 0.3 is 0 Å². The fraction of sp³-hybridized carbons (Fsp3) is 0.0526. The van der Waals surface area contributed by atoms with E-state index in [1.165, 1.54) is 19.4 Å². The van der Waals surface area contributed by atoms with Gasteiger partial charge in [-0.05, 0) is 23.8 Å². The second-order valence-electron chi connectivity index (χ2n) is 5.35. The number of halogens is 2. The molecule has 1 aromatic heterocycles. The average Bonchev–Trinajstić information content (AvgIpc) is 2.67. The highest BCUT2D eigenvalue weighted by Gasteiger charge is 2.11. The normalized spacial score (nSPS) is 10.3. The molecule has 3 rings (SSSR count). The number of nitrogens with one attached hydrogen (secondary N) is 2. The first-order valence-electron chi connectivity index (χ1n) is 7.69. The third-order valence-corrected chi connectivity index (χ3v) is 3.96. The van der Waals surface area contributed by atoms with Crippen LogP contribution in [0.2, 0.25) is 5.02 Å². The summed E-state index contributed by atoms with van der Waals surface area (Å²) >= 11 is 6.25. The van der Waals surface area contributed by atoms with Crippen molar-refractivity contribution in [3.8, 4) is 17.0 Å². The van der Waals surface area contributed by atoms with E-state index in [1.807, 2.05) is 30.3 Å². The van der Waals surface area contributed by atoms with Gasteiger partial charge in [-0.1, -0.05) is 41.9 Å². The van der Waals surface area contributed by atoms with E-state index in [-0.39, 0.29) is 11.6 Å². The smallest absolute Gasteiger partial charge is 0.269 e. The fourth-order valence-electron chi connectivity index (χ4n) is 2.35. The van der Waals surface area contributed by atoms with Crippen molar-refractivity contribution in [1.82, 2.24) is 10.4 Å². The van der Waals surface area contributed by atoms with Crippen LogP contribution in [-0.4, -0.2) is 18.0 Å². The lowest BCUT2D eigenvalue weighted by molar-refractivity contribution is 0.0962. The van der Waals surface area contributed by atoms with Crippen molar-refractivity contribution in [3.05, 3.63) is 77.2 Å². The minimum atomic E-state index is -0.635. The van der Waals surface area contributed by atoms with Crippen LogP contribution in [0.3, 0.4) is 0 Å². The number of hydrogen-bond donors (Lipinski definition) is 2. The van der Waals surface area contributed by atoms with E-state index in [0.717, 1.165) is 11.1 Å². The molecule has 0 atom stereocenters. The summed E-state index contributed by atoms with van der Waals surface area (Å²) in [6.45, 7) is 0. The Balaban J connectivity index is 1.75. The summed E-state index contributed by atoms with van der Waals surface area (Å²) < 4.78 is 18.4. The molecule has 0 saturated carbocycles. The number of pyridine rings is 1. The predicted octanol–water partition coefficient (Wildman–Crippen LogP) is 4.31. The second kappa shape index (κ2) is 7.84. The second-order valence-corrected chi connectivity index (χ2v) is 5.76. The number of hydrazine groups is 1. The predicted molar refractivity (Wildman–Crippen MR) is 98.7 cm³/mol. The minimum Gasteiger partial charge on any atom is -0.479 e. The van der Waals surface area contributed by atoms with E-state index >= 15 is 0 Å². The lowest BCUT2D eigenvalue weighted by Gasteiger charge is -2.11. The molecule has 132 valence electrons. The van der Waals surface area contributed by atoms with Gasteiger partial charge in [0.15, 0.2) is 5.82 Å². The van der Waals surface area contributed by atoms with E-state index < -0.39 is 11.7 Å². The molecule has 26 heavy (non-hydrogen) atoms. The van der Waals surface area contributed by atoms with Crippen LogP contribution in [0, 0.1) is 5.82 Å². The summed E-state index contributed by atoms with van der Waals surface area (Å²) in [5, 5.41) is 0.544. The van der Waals surface area contributed by atoms with Gasteiger partial charge in [-0.25, -0.2) is 9.37 Å². The van der Waals surface area contributed by atoms with Gasteiger partial charge in [-0.15, -0.1) is 0 Å². The van der Waals surface area contributed by atoms with E-state index in [4.69, 9.17) is 16.3 Å². The zero-order chi connectivity index (χ0) is 18.5. The van der Waals surface area contributed by atoms with Crippen LogP contribution in [-0.2, 0) is 0 Å². The van der Waals surface area contributed by atoms with E-state index in [9.17, 15) is 9.18 Å². The number of amides is 1. The molecule has 0 unspecified atom stereocenters. The third-order valence-electron chi connectivity index (χ3n) is 3.63. The minimum absolute atomic E-state index is 0.118. The van der Waals surface area contributed by atoms with E-state index in [1.54, 1.807) is 18.2 Å². The molecule has 5 nitrogen and oxygen atoms in total. The number of methoxy groups -OCH3 is 1. The maximum atomic E-state index is 13.6. The van der Waals surface area contributed by atoms with Crippen molar-refractivity contribution in [1.29, 1.82) is 0 Å². The fourth-order valence-corrected chi connectivity index (χ4v) is 2.58. The molecular weight excluding hydrogens is 357 g/mol. The third kappa shape index (κ3) is 3.92. The maximum Gasteiger partial charge on any atom is 0.269 e. The summed E-state index contributed by atoms with van der Waals surface area (Å²) in [4.78, 5) is 16.1. The molecule has 0 aliphatic rings. The Morgan fingerprint density at radius 2 is 1.92 bits per heavy atom. The van der Waals surface area contributed by atoms with Crippen molar-refractivity contribution in [2.24, 2.45) is 0 Å². The van der Waals surface area contributed by atoms with Crippen molar-refractivity contribution >= 4 is 23.2 Å². The first-order valence-corrected chi connectivity index (χ1v) is 8.07. The highest BCUT2D eigenvalue weighted by molar-refractivity contribution is 6.33. The number of anilines is 1. The van der Waals surface area contributed by atoms with Crippen molar-refractivity contribution in [2.45, 2.75) is 0 Å². The molecule has 0 bridgehead atoms. The standard InChI is InChI=1S/C19H15ClFN3O2/c1-26-19-17(21)10-14(11-22-19)23-24-18(25)13-7-8-16(20)15(9-13)12-5-3-2-4-6-12/h2-11,23H,1H3,(H,24,25). The Hall–Kier alpha value is -3.12. The number of nitrogens with zero attached hydrogens (tertiary/aromatic N) is 1. The highest BCUT2D eigenvalue weighted by atomic mass is 35.5. The van der Waals surface area contributed by atoms with Gasteiger partial charge in [0.05, 0.1) is 19.0 Å². The van der Waals surface area contributed by atoms with Crippen LogP contribution in [0.5, 0.6) is 5.88 Å². The molecule has 0 saturated heterocycles. The SMILES string of the molecule is COc1ncc(NNC(=O)c2ccc(Cl)c(-c3ccccc3)c2)cc1F. The monoisotopic (exact) mass is 371 g/mol. The topological polar surface area (TPSA) is 63.2 Å². The van der Waals surface area contributed by atoms with Gasteiger partial charge < -0.3 is 4.74 Å². The Kier molecular flexibility index (Phi) is 5.34. The van der Waals surface area contributed by atoms with Gasteiger partial charge in [0.1, 0.15) is 0 Å². The van der Waals surface area contributed by atoms with Gasteiger partial charge in [-0.2, -0.15) is 0 Å². The van der Waals surface area contributed by atoms with E-state index in [0.29, 0.717) is 10.6 Å². The number of ether oxygens (including phenoxy) is 1. The molecule has 1 amide bonds. The van der Waals surface area contributed by atoms with Crippen LogP contribution in [0.1, 0.15) is 10.4 Å². The average molecular weight is 372 g/mol. The van der Waals surface area contributed by atoms with Crippen molar-refractivity contribution < 1.29 is 13.9 Å². The molecule has 0 radical (unpaired) electrons. The maximum absolute atomic E-state index is 13.6. The zero-order valence-corrected chi connectivity index (χ0v) is 14.5. The molecule has 0 aliphatic carbocycles. The Morgan fingerprint density at radius 1 is 1.15 bits per heavy atom. The number of rotatable bonds is 5. The van der Waals surface area contributed by atoms with Crippen LogP contribution in [0.15, 0.2) is 60.8 Å². The van der Waals surface area contributed by atoms with Gasteiger partial charge in [0.2, 0.25) is 5.88 Å². The first kappa shape index (κ1) is 17.7. The summed E-state index contributed by atoms with van der Waals surface area (Å²) in [5.74, 6) is -1.15. The molecule has 2 aromatic carbocycles. The first-order chi connectivity index (χ1) is 12.6. The van der Waals surface area contributed by atoms with Crippen LogP contribution >= 0.6 is 11.6 Å². The van der Waals surface area contributed by atoms with Crippen LogP contribution in [0.4, 0.5) is 10.1 Å². The van der Waals surface area contributed by atoms with Gasteiger partial charge in [0, 0.05) is 22.2 Å². The molecule has 0 aliphatic heterocycles. The number of carbonyl (C=O) groups is 1. The number of carbonyl (C=O) groups excluding carboxylic acids is 1. The summed E-state index contributed by atoms with van der Waals surface area (Å²) in [5.41, 5.74) is 7.46. The summed E-state index contributed by atoms with van der Waals surface area (Å²) in [6.07, 6.45) is 1.35. The molecule has 1 heterocycles. The Bertz CT molecular complexity index is 935. The summed E-state index contributed by atoms with van der Waals surface area (Å²) in [7, 11) is 1.32. The van der Waals surface area contributed by atoms with Gasteiger partial charge in [0.25, 0.3) is 5.91 Å². The molecular formula is C19H15ClFN3O2.